The quantitative estimate of drug-likeness (QED) is 0.571. The summed E-state index contributed by atoms with van der Waals surface area (Å²) in [6.45, 7) is 1.30. The van der Waals surface area contributed by atoms with Crippen LogP contribution in [-0.2, 0) is 16.1 Å². The SMILES string of the molecule is C[C@@H](Oc1ccc2ccccc2c1)C(=O)NNC(=O)Cn1cn[nH]c1=O. The van der Waals surface area contributed by atoms with Crippen molar-refractivity contribution in [1.29, 1.82) is 0 Å². The zero-order valence-corrected chi connectivity index (χ0v) is 13.9. The van der Waals surface area contributed by atoms with Gasteiger partial charge in [-0.3, -0.25) is 25.0 Å². The standard InChI is InChI=1S/C17H17N5O4/c1-11(26-14-7-6-12-4-2-3-5-13(12)8-14)16(24)20-19-15(23)9-22-10-18-21-17(22)25/h2-8,10-11H,9H2,1H3,(H,19,23)(H,20,24)(H,21,25)/t11-/m1/s1. The van der Waals surface area contributed by atoms with E-state index >= 15 is 0 Å². The molecule has 134 valence electrons. The molecule has 0 spiro atoms. The molecule has 3 rings (SSSR count). The van der Waals surface area contributed by atoms with E-state index in [4.69, 9.17) is 4.74 Å². The van der Waals surface area contributed by atoms with Gasteiger partial charge in [-0.25, -0.2) is 9.89 Å². The Labute approximate surface area is 147 Å². The van der Waals surface area contributed by atoms with Crippen molar-refractivity contribution in [2.45, 2.75) is 19.6 Å². The monoisotopic (exact) mass is 355 g/mol. The average Bonchev–Trinajstić information content (AvgIpc) is 3.04. The molecule has 0 saturated carbocycles. The molecule has 0 unspecified atom stereocenters. The highest BCUT2D eigenvalue weighted by Gasteiger charge is 2.16. The molecule has 0 saturated heterocycles. The molecule has 26 heavy (non-hydrogen) atoms. The number of aromatic amines is 1. The molecule has 0 aliphatic carbocycles. The molecular weight excluding hydrogens is 338 g/mol. The number of hydrogen-bond acceptors (Lipinski definition) is 5. The van der Waals surface area contributed by atoms with Crippen LogP contribution in [0.1, 0.15) is 6.92 Å². The van der Waals surface area contributed by atoms with Crippen molar-refractivity contribution in [3.05, 3.63) is 59.3 Å². The number of carbonyl (C=O) groups excluding carboxylic acids is 2. The number of aromatic nitrogens is 3. The van der Waals surface area contributed by atoms with E-state index in [2.05, 4.69) is 21.0 Å². The molecule has 0 fully saturated rings. The molecule has 9 heteroatoms. The lowest BCUT2D eigenvalue weighted by Gasteiger charge is -2.15. The van der Waals surface area contributed by atoms with Crippen molar-refractivity contribution in [1.82, 2.24) is 25.6 Å². The lowest BCUT2D eigenvalue weighted by Crippen LogP contribution is -2.48. The number of nitrogens with zero attached hydrogens (tertiary/aromatic N) is 2. The van der Waals surface area contributed by atoms with Crippen LogP contribution in [0.3, 0.4) is 0 Å². The van der Waals surface area contributed by atoms with E-state index < -0.39 is 23.6 Å². The van der Waals surface area contributed by atoms with Crippen LogP contribution in [0.5, 0.6) is 5.75 Å². The number of nitrogens with one attached hydrogen (secondary N) is 3. The number of ether oxygens (including phenoxy) is 1. The highest BCUT2D eigenvalue weighted by atomic mass is 16.5. The number of carbonyl (C=O) groups is 2. The fourth-order valence-corrected chi connectivity index (χ4v) is 2.31. The third-order valence-electron chi connectivity index (χ3n) is 3.66. The molecule has 3 aromatic rings. The van der Waals surface area contributed by atoms with Crippen LogP contribution in [0.2, 0.25) is 0 Å². The molecular formula is C17H17N5O4. The van der Waals surface area contributed by atoms with Crippen LogP contribution >= 0.6 is 0 Å². The first-order valence-electron chi connectivity index (χ1n) is 7.87. The smallest absolute Gasteiger partial charge is 0.343 e. The van der Waals surface area contributed by atoms with Crippen LogP contribution in [0.4, 0.5) is 0 Å². The second kappa shape index (κ2) is 7.51. The summed E-state index contributed by atoms with van der Waals surface area (Å²) < 4.78 is 6.67. The maximum atomic E-state index is 12.0. The molecule has 3 N–H and O–H groups in total. The Morgan fingerprint density at radius 2 is 1.96 bits per heavy atom. The fraction of sp³-hybridized carbons (Fsp3) is 0.176. The Morgan fingerprint density at radius 3 is 2.69 bits per heavy atom. The third-order valence-corrected chi connectivity index (χ3v) is 3.66. The summed E-state index contributed by atoms with van der Waals surface area (Å²) in [5, 5.41) is 7.74. The summed E-state index contributed by atoms with van der Waals surface area (Å²) in [5.74, 6) is -0.548. The highest BCUT2D eigenvalue weighted by Crippen LogP contribution is 2.21. The minimum absolute atomic E-state index is 0.268. The number of amides is 2. The van der Waals surface area contributed by atoms with E-state index in [0.29, 0.717) is 5.75 Å². The third kappa shape index (κ3) is 4.07. The maximum Gasteiger partial charge on any atom is 0.343 e. The summed E-state index contributed by atoms with van der Waals surface area (Å²) in [5.41, 5.74) is 3.97. The second-order valence-corrected chi connectivity index (χ2v) is 5.60. The van der Waals surface area contributed by atoms with Gasteiger partial charge in [0.05, 0.1) is 0 Å². The molecule has 0 aliphatic rings. The van der Waals surface area contributed by atoms with Crippen LogP contribution in [0, 0.1) is 0 Å². The normalized spacial score (nSPS) is 11.7. The Bertz CT molecular complexity index is 994. The summed E-state index contributed by atoms with van der Waals surface area (Å²) in [7, 11) is 0. The summed E-state index contributed by atoms with van der Waals surface area (Å²) in [6.07, 6.45) is 0.364. The summed E-state index contributed by atoms with van der Waals surface area (Å²) >= 11 is 0. The van der Waals surface area contributed by atoms with Gasteiger partial charge in [-0.2, -0.15) is 5.10 Å². The molecule has 0 bridgehead atoms. The predicted molar refractivity (Wildman–Crippen MR) is 93.2 cm³/mol. The zero-order valence-electron chi connectivity index (χ0n) is 13.9. The van der Waals surface area contributed by atoms with Gasteiger partial charge in [0.1, 0.15) is 18.6 Å². The predicted octanol–water partition coefficient (Wildman–Crippen LogP) is 0.339. The largest absolute Gasteiger partial charge is 0.481 e. The Morgan fingerprint density at radius 1 is 1.19 bits per heavy atom. The van der Waals surface area contributed by atoms with Crippen LogP contribution < -0.4 is 21.3 Å². The van der Waals surface area contributed by atoms with Gasteiger partial charge in [0.2, 0.25) is 0 Å². The Kier molecular flexibility index (Phi) is 4.97. The van der Waals surface area contributed by atoms with E-state index in [9.17, 15) is 14.4 Å². The highest BCUT2D eigenvalue weighted by molar-refractivity contribution is 5.85. The molecule has 1 aromatic heterocycles. The van der Waals surface area contributed by atoms with Crippen LogP contribution in [-0.4, -0.2) is 32.7 Å². The van der Waals surface area contributed by atoms with Crippen molar-refractivity contribution < 1.29 is 14.3 Å². The van der Waals surface area contributed by atoms with E-state index in [0.717, 1.165) is 15.3 Å². The first-order chi connectivity index (χ1) is 12.5. The van der Waals surface area contributed by atoms with Crippen LogP contribution in [0.25, 0.3) is 10.8 Å². The van der Waals surface area contributed by atoms with E-state index in [1.165, 1.54) is 6.33 Å². The van der Waals surface area contributed by atoms with Crippen LogP contribution in [0.15, 0.2) is 53.6 Å². The second-order valence-electron chi connectivity index (χ2n) is 5.60. The number of rotatable bonds is 5. The Balaban J connectivity index is 1.53. The van der Waals surface area contributed by atoms with E-state index in [1.807, 2.05) is 36.4 Å². The average molecular weight is 355 g/mol. The van der Waals surface area contributed by atoms with Crippen molar-refractivity contribution in [3.8, 4) is 5.75 Å². The molecule has 0 aliphatic heterocycles. The first-order valence-corrected chi connectivity index (χ1v) is 7.87. The lowest BCUT2D eigenvalue weighted by atomic mass is 10.1. The molecule has 1 atom stereocenters. The topological polar surface area (TPSA) is 118 Å². The molecule has 1 heterocycles. The van der Waals surface area contributed by atoms with Gasteiger partial charge in [-0.15, -0.1) is 0 Å². The van der Waals surface area contributed by atoms with E-state index in [-0.39, 0.29) is 6.54 Å². The minimum atomic E-state index is -0.826. The van der Waals surface area contributed by atoms with Crippen molar-refractivity contribution in [2.24, 2.45) is 0 Å². The van der Waals surface area contributed by atoms with Gasteiger partial charge in [0.25, 0.3) is 11.8 Å². The molecule has 2 amide bonds. The maximum absolute atomic E-state index is 12.0. The number of hydrazine groups is 1. The number of fused-ring (bicyclic) bond motifs is 1. The van der Waals surface area contributed by atoms with E-state index in [1.54, 1.807) is 13.0 Å². The van der Waals surface area contributed by atoms with Gasteiger partial charge >= 0.3 is 5.69 Å². The summed E-state index contributed by atoms with van der Waals surface area (Å²) in [6, 6.07) is 13.3. The Hall–Kier alpha value is -3.62. The van der Waals surface area contributed by atoms with Crippen molar-refractivity contribution in [2.75, 3.05) is 0 Å². The minimum Gasteiger partial charge on any atom is -0.481 e. The first kappa shape index (κ1) is 17.2. The molecule has 2 aromatic carbocycles. The molecule has 9 nitrogen and oxygen atoms in total. The summed E-state index contributed by atoms with van der Waals surface area (Å²) in [4.78, 5) is 35.0. The van der Waals surface area contributed by atoms with Crippen molar-refractivity contribution >= 4 is 22.6 Å². The number of benzene rings is 2. The van der Waals surface area contributed by atoms with Gasteiger partial charge in [0.15, 0.2) is 6.10 Å². The lowest BCUT2D eigenvalue weighted by molar-refractivity contribution is -0.133. The van der Waals surface area contributed by atoms with Gasteiger partial charge in [0, 0.05) is 0 Å². The number of H-pyrrole nitrogens is 1. The zero-order chi connectivity index (χ0) is 18.5. The van der Waals surface area contributed by atoms with Crippen molar-refractivity contribution in [3.63, 3.8) is 0 Å². The van der Waals surface area contributed by atoms with Gasteiger partial charge in [-0.05, 0) is 29.8 Å². The number of hydrogen-bond donors (Lipinski definition) is 3. The molecule has 0 radical (unpaired) electrons. The fourth-order valence-electron chi connectivity index (χ4n) is 2.31. The van der Waals surface area contributed by atoms with Gasteiger partial charge in [-0.1, -0.05) is 30.3 Å². The van der Waals surface area contributed by atoms with Gasteiger partial charge < -0.3 is 4.74 Å².